The average Bonchev–Trinajstić information content (AvgIpc) is 2.49. The number of rotatable bonds is 4. The molecule has 0 unspecified atom stereocenters. The first-order valence-corrected chi connectivity index (χ1v) is 6.84. The number of carbonyl (C=O) groups is 1. The fraction of sp³-hybridized carbons (Fsp3) is 0.235. The Morgan fingerprint density at radius 2 is 1.71 bits per heavy atom. The zero-order valence-corrected chi connectivity index (χ0v) is 12.7. The van der Waals surface area contributed by atoms with E-state index in [1.165, 1.54) is 0 Å². The minimum absolute atomic E-state index is 0.00975. The van der Waals surface area contributed by atoms with Crippen molar-refractivity contribution in [2.45, 2.75) is 6.54 Å². The second-order valence-electron chi connectivity index (χ2n) is 5.35. The van der Waals surface area contributed by atoms with E-state index in [1.54, 1.807) is 11.9 Å². The van der Waals surface area contributed by atoms with Crippen LogP contribution in [0.15, 0.2) is 48.5 Å². The highest BCUT2D eigenvalue weighted by molar-refractivity contribution is 5.95. The number of hydrogen-bond donors (Lipinski definition) is 1. The van der Waals surface area contributed by atoms with Gasteiger partial charge in [-0.2, -0.15) is 0 Å². The Morgan fingerprint density at radius 1 is 1.05 bits per heavy atom. The summed E-state index contributed by atoms with van der Waals surface area (Å²) >= 11 is 0. The van der Waals surface area contributed by atoms with Gasteiger partial charge in [0.2, 0.25) is 0 Å². The highest BCUT2D eigenvalue weighted by atomic mass is 16.2. The molecule has 2 N–H and O–H groups in total. The summed E-state index contributed by atoms with van der Waals surface area (Å²) in [5, 5.41) is 0. The van der Waals surface area contributed by atoms with Gasteiger partial charge >= 0.3 is 0 Å². The van der Waals surface area contributed by atoms with Gasteiger partial charge in [-0.1, -0.05) is 18.2 Å². The molecule has 0 radical (unpaired) electrons. The third-order valence-electron chi connectivity index (χ3n) is 3.36. The van der Waals surface area contributed by atoms with E-state index in [0.717, 1.165) is 16.9 Å². The number of nitrogen functional groups attached to an aromatic ring is 1. The zero-order valence-electron chi connectivity index (χ0n) is 12.7. The highest BCUT2D eigenvalue weighted by Crippen LogP contribution is 2.16. The molecule has 1 amide bonds. The molecule has 0 aliphatic rings. The van der Waals surface area contributed by atoms with Crippen molar-refractivity contribution in [1.82, 2.24) is 4.90 Å². The van der Waals surface area contributed by atoms with Crippen LogP contribution in [0.2, 0.25) is 0 Å². The van der Waals surface area contributed by atoms with Crippen molar-refractivity contribution in [3.8, 4) is 0 Å². The number of anilines is 2. The fourth-order valence-electron chi connectivity index (χ4n) is 2.11. The van der Waals surface area contributed by atoms with E-state index in [0.29, 0.717) is 12.1 Å². The molecular weight excluding hydrogens is 262 g/mol. The Morgan fingerprint density at radius 3 is 2.33 bits per heavy atom. The second kappa shape index (κ2) is 6.31. The Hall–Kier alpha value is -2.49. The normalized spacial score (nSPS) is 10.2. The first-order chi connectivity index (χ1) is 9.97. The van der Waals surface area contributed by atoms with Crippen molar-refractivity contribution < 1.29 is 4.79 Å². The standard InChI is InChI=1S/C17H21N3O/c1-19(2)16-6-4-5-14(11-16)17(21)20(3)12-13-7-9-15(18)10-8-13/h4-11H,12,18H2,1-3H3. The molecule has 110 valence electrons. The number of benzene rings is 2. The third-order valence-corrected chi connectivity index (χ3v) is 3.36. The molecule has 2 aromatic rings. The predicted molar refractivity (Wildman–Crippen MR) is 87.4 cm³/mol. The van der Waals surface area contributed by atoms with Crippen LogP contribution in [0.25, 0.3) is 0 Å². The number of carbonyl (C=O) groups excluding carboxylic acids is 1. The van der Waals surface area contributed by atoms with Crippen molar-refractivity contribution >= 4 is 17.3 Å². The topological polar surface area (TPSA) is 49.6 Å². The summed E-state index contributed by atoms with van der Waals surface area (Å²) in [4.78, 5) is 16.2. The maximum atomic E-state index is 12.5. The van der Waals surface area contributed by atoms with E-state index in [-0.39, 0.29) is 5.91 Å². The molecule has 2 rings (SSSR count). The molecule has 0 aliphatic heterocycles. The first-order valence-electron chi connectivity index (χ1n) is 6.84. The summed E-state index contributed by atoms with van der Waals surface area (Å²) in [5.41, 5.74) is 9.16. The van der Waals surface area contributed by atoms with Gasteiger partial charge in [-0.15, -0.1) is 0 Å². The van der Waals surface area contributed by atoms with Crippen molar-refractivity contribution in [3.63, 3.8) is 0 Å². The van der Waals surface area contributed by atoms with Gasteiger partial charge in [0.1, 0.15) is 0 Å². The SMILES string of the molecule is CN(Cc1ccc(N)cc1)C(=O)c1cccc(N(C)C)c1. The van der Waals surface area contributed by atoms with Gasteiger partial charge in [0.25, 0.3) is 5.91 Å². The van der Waals surface area contributed by atoms with Crippen molar-refractivity contribution in [1.29, 1.82) is 0 Å². The zero-order chi connectivity index (χ0) is 15.4. The molecule has 0 atom stereocenters. The summed E-state index contributed by atoms with van der Waals surface area (Å²) in [6, 6.07) is 15.2. The Balaban J connectivity index is 2.11. The molecule has 0 aliphatic carbocycles. The van der Waals surface area contributed by atoms with Crippen LogP contribution in [-0.4, -0.2) is 32.0 Å². The maximum Gasteiger partial charge on any atom is 0.253 e. The lowest BCUT2D eigenvalue weighted by Gasteiger charge is -2.19. The molecule has 0 heterocycles. The smallest absolute Gasteiger partial charge is 0.253 e. The lowest BCUT2D eigenvalue weighted by Crippen LogP contribution is -2.26. The van der Waals surface area contributed by atoms with Crippen molar-refractivity contribution in [2.24, 2.45) is 0 Å². The van der Waals surface area contributed by atoms with Gasteiger partial charge in [0.05, 0.1) is 0 Å². The molecule has 2 aromatic carbocycles. The Labute approximate surface area is 125 Å². The number of amides is 1. The Kier molecular flexibility index (Phi) is 4.48. The number of hydrogen-bond acceptors (Lipinski definition) is 3. The molecule has 21 heavy (non-hydrogen) atoms. The second-order valence-corrected chi connectivity index (χ2v) is 5.35. The van der Waals surface area contributed by atoms with E-state index >= 15 is 0 Å². The van der Waals surface area contributed by atoms with E-state index in [9.17, 15) is 4.79 Å². The van der Waals surface area contributed by atoms with Gasteiger partial charge in [-0.05, 0) is 35.9 Å². The molecule has 4 nitrogen and oxygen atoms in total. The van der Waals surface area contributed by atoms with E-state index in [2.05, 4.69) is 0 Å². The molecule has 0 saturated carbocycles. The lowest BCUT2D eigenvalue weighted by molar-refractivity contribution is 0.0785. The summed E-state index contributed by atoms with van der Waals surface area (Å²) in [5.74, 6) is 0.00975. The van der Waals surface area contributed by atoms with Crippen LogP contribution in [0.4, 0.5) is 11.4 Å². The average molecular weight is 283 g/mol. The lowest BCUT2D eigenvalue weighted by atomic mass is 10.1. The summed E-state index contributed by atoms with van der Waals surface area (Å²) in [6.45, 7) is 0.561. The Bertz CT molecular complexity index is 620. The largest absolute Gasteiger partial charge is 0.399 e. The van der Waals surface area contributed by atoms with Crippen LogP contribution in [0, 0.1) is 0 Å². The monoisotopic (exact) mass is 283 g/mol. The first kappa shape index (κ1) is 14.9. The summed E-state index contributed by atoms with van der Waals surface area (Å²) < 4.78 is 0. The minimum atomic E-state index is 0.00975. The van der Waals surface area contributed by atoms with Gasteiger partial charge < -0.3 is 15.5 Å². The number of nitrogens with two attached hydrogens (primary N) is 1. The molecule has 0 spiro atoms. The van der Waals surface area contributed by atoms with Gasteiger partial charge in [-0.3, -0.25) is 4.79 Å². The van der Waals surface area contributed by atoms with Crippen molar-refractivity contribution in [3.05, 3.63) is 59.7 Å². The third kappa shape index (κ3) is 3.75. The molecule has 4 heteroatoms. The van der Waals surface area contributed by atoms with Crippen LogP contribution >= 0.6 is 0 Å². The molecule has 0 bridgehead atoms. The maximum absolute atomic E-state index is 12.5. The van der Waals surface area contributed by atoms with E-state index in [1.807, 2.05) is 67.5 Å². The van der Waals surface area contributed by atoms with Crippen LogP contribution in [0.3, 0.4) is 0 Å². The molecule has 0 fully saturated rings. The van der Waals surface area contributed by atoms with Gasteiger partial charge in [0.15, 0.2) is 0 Å². The minimum Gasteiger partial charge on any atom is -0.399 e. The predicted octanol–water partition coefficient (Wildman–Crippen LogP) is 2.61. The summed E-state index contributed by atoms with van der Waals surface area (Å²) in [7, 11) is 5.73. The molecule has 0 saturated heterocycles. The highest BCUT2D eigenvalue weighted by Gasteiger charge is 2.12. The number of nitrogens with zero attached hydrogens (tertiary/aromatic N) is 2. The molecular formula is C17H21N3O. The fourth-order valence-corrected chi connectivity index (χ4v) is 2.11. The molecule has 0 aromatic heterocycles. The van der Waals surface area contributed by atoms with Gasteiger partial charge in [0, 0.05) is 44.6 Å². The van der Waals surface area contributed by atoms with Crippen LogP contribution < -0.4 is 10.6 Å². The van der Waals surface area contributed by atoms with E-state index < -0.39 is 0 Å². The van der Waals surface area contributed by atoms with Crippen molar-refractivity contribution in [2.75, 3.05) is 31.8 Å². The van der Waals surface area contributed by atoms with Crippen LogP contribution in [0.5, 0.6) is 0 Å². The van der Waals surface area contributed by atoms with Gasteiger partial charge in [-0.25, -0.2) is 0 Å². The van der Waals surface area contributed by atoms with Crippen LogP contribution in [0.1, 0.15) is 15.9 Å². The van der Waals surface area contributed by atoms with E-state index in [4.69, 9.17) is 5.73 Å². The summed E-state index contributed by atoms with van der Waals surface area (Å²) in [6.07, 6.45) is 0. The quantitative estimate of drug-likeness (QED) is 0.878. The van der Waals surface area contributed by atoms with Crippen LogP contribution in [-0.2, 0) is 6.54 Å².